The van der Waals surface area contributed by atoms with Gasteiger partial charge in [-0.1, -0.05) is 18.2 Å². The van der Waals surface area contributed by atoms with Crippen LogP contribution in [0.4, 0.5) is 5.82 Å². The Hall–Kier alpha value is -3.58. The topological polar surface area (TPSA) is 89.7 Å². The van der Waals surface area contributed by atoms with Gasteiger partial charge in [0.25, 0.3) is 5.91 Å². The molecule has 1 aromatic heterocycles. The number of aromatic nitrogens is 1. The van der Waals surface area contributed by atoms with Crippen LogP contribution in [0.25, 0.3) is 22.3 Å². The number of likely N-dealkylation sites (N-methyl/N-ethyl adjacent to an activating group) is 1. The molecule has 0 aliphatic rings. The molecule has 7 heteroatoms. The first-order valence-electron chi connectivity index (χ1n) is 9.94. The predicted molar refractivity (Wildman–Crippen MR) is 124 cm³/mol. The number of amides is 1. The van der Waals surface area contributed by atoms with Crippen LogP contribution in [-0.2, 0) is 0 Å². The number of anilines is 1. The number of pyridine rings is 1. The van der Waals surface area contributed by atoms with Crippen molar-refractivity contribution < 1.29 is 14.3 Å². The van der Waals surface area contributed by atoms with Gasteiger partial charge in [-0.15, -0.1) is 0 Å². The van der Waals surface area contributed by atoms with E-state index in [0.29, 0.717) is 29.4 Å². The summed E-state index contributed by atoms with van der Waals surface area (Å²) in [5.74, 6) is 1.56. The van der Waals surface area contributed by atoms with Gasteiger partial charge >= 0.3 is 0 Å². The molecule has 0 unspecified atom stereocenters. The molecular weight excluding hydrogens is 392 g/mol. The van der Waals surface area contributed by atoms with Crippen molar-refractivity contribution in [1.82, 2.24) is 15.2 Å². The standard InChI is InChI=1S/C24H28N4O3/c1-28(2)11-10-26-24(29)18-7-5-6-16(12-18)19-13-20(23(25)27-15-19)17-8-9-21(30-3)22(14-17)31-4/h5-9,12-15H,10-11H2,1-4H3,(H2,25,27)(H,26,29). The molecule has 162 valence electrons. The number of nitrogens with one attached hydrogen (secondary N) is 1. The Labute approximate surface area is 182 Å². The minimum Gasteiger partial charge on any atom is -0.493 e. The van der Waals surface area contributed by atoms with E-state index in [1.807, 2.05) is 61.5 Å². The largest absolute Gasteiger partial charge is 0.493 e. The lowest BCUT2D eigenvalue weighted by molar-refractivity contribution is 0.0951. The van der Waals surface area contributed by atoms with Gasteiger partial charge in [0, 0.05) is 36.0 Å². The van der Waals surface area contributed by atoms with Crippen molar-refractivity contribution >= 4 is 11.7 Å². The minimum atomic E-state index is -0.104. The van der Waals surface area contributed by atoms with Gasteiger partial charge in [-0.2, -0.15) is 0 Å². The van der Waals surface area contributed by atoms with Gasteiger partial charge < -0.3 is 25.4 Å². The number of methoxy groups -OCH3 is 2. The van der Waals surface area contributed by atoms with Gasteiger partial charge in [0.2, 0.25) is 0 Å². The molecular formula is C24H28N4O3. The molecule has 0 aliphatic carbocycles. The summed E-state index contributed by atoms with van der Waals surface area (Å²) in [5.41, 5.74) is 10.2. The lowest BCUT2D eigenvalue weighted by Gasteiger charge is -2.13. The van der Waals surface area contributed by atoms with Crippen molar-refractivity contribution in [2.45, 2.75) is 0 Å². The molecule has 3 aromatic rings. The predicted octanol–water partition coefficient (Wildman–Crippen LogP) is 3.31. The number of hydrogen-bond acceptors (Lipinski definition) is 6. The second-order valence-corrected chi connectivity index (χ2v) is 7.37. The summed E-state index contributed by atoms with van der Waals surface area (Å²) >= 11 is 0. The molecule has 31 heavy (non-hydrogen) atoms. The Balaban J connectivity index is 1.91. The van der Waals surface area contributed by atoms with Crippen molar-refractivity contribution in [2.75, 3.05) is 47.1 Å². The Morgan fingerprint density at radius 2 is 1.77 bits per heavy atom. The normalized spacial score (nSPS) is 10.7. The van der Waals surface area contributed by atoms with Crippen molar-refractivity contribution in [3.05, 3.63) is 60.3 Å². The highest BCUT2D eigenvalue weighted by Crippen LogP contribution is 2.35. The Morgan fingerprint density at radius 1 is 1.00 bits per heavy atom. The number of carbonyl (C=O) groups excluding carboxylic acids is 1. The van der Waals surface area contributed by atoms with Crippen molar-refractivity contribution in [3.8, 4) is 33.8 Å². The third-order valence-corrected chi connectivity index (χ3v) is 4.92. The SMILES string of the molecule is COc1ccc(-c2cc(-c3cccc(C(=O)NCCN(C)C)c3)cnc2N)cc1OC. The zero-order valence-electron chi connectivity index (χ0n) is 18.3. The number of ether oxygens (including phenoxy) is 2. The van der Waals surface area contributed by atoms with Gasteiger partial charge in [-0.25, -0.2) is 4.98 Å². The molecule has 0 spiro atoms. The maximum atomic E-state index is 12.5. The van der Waals surface area contributed by atoms with Crippen LogP contribution < -0.4 is 20.5 Å². The molecule has 1 heterocycles. The van der Waals surface area contributed by atoms with Crippen LogP contribution in [0.15, 0.2) is 54.7 Å². The summed E-state index contributed by atoms with van der Waals surface area (Å²) in [6.45, 7) is 1.37. The molecule has 0 aliphatic heterocycles. The molecule has 0 saturated heterocycles. The Bertz CT molecular complexity index is 1070. The maximum Gasteiger partial charge on any atom is 0.251 e. The second-order valence-electron chi connectivity index (χ2n) is 7.37. The number of nitrogen functional groups attached to an aromatic ring is 1. The third kappa shape index (κ3) is 5.32. The summed E-state index contributed by atoms with van der Waals surface area (Å²) < 4.78 is 10.7. The number of hydrogen-bond donors (Lipinski definition) is 2. The molecule has 3 N–H and O–H groups in total. The molecule has 7 nitrogen and oxygen atoms in total. The summed E-state index contributed by atoms with van der Waals surface area (Å²) in [7, 11) is 7.13. The second kappa shape index (κ2) is 9.95. The van der Waals surface area contributed by atoms with Crippen LogP contribution in [0.1, 0.15) is 10.4 Å². The van der Waals surface area contributed by atoms with Crippen LogP contribution in [-0.4, -0.2) is 57.2 Å². The third-order valence-electron chi connectivity index (χ3n) is 4.92. The van der Waals surface area contributed by atoms with E-state index in [0.717, 1.165) is 28.8 Å². The van der Waals surface area contributed by atoms with E-state index >= 15 is 0 Å². The lowest BCUT2D eigenvalue weighted by atomic mass is 9.99. The maximum absolute atomic E-state index is 12.5. The number of benzene rings is 2. The first-order chi connectivity index (χ1) is 14.9. The van der Waals surface area contributed by atoms with Crippen molar-refractivity contribution in [1.29, 1.82) is 0 Å². The van der Waals surface area contributed by atoms with Gasteiger partial charge in [0.05, 0.1) is 14.2 Å². The molecule has 0 bridgehead atoms. The van der Waals surface area contributed by atoms with Crippen LogP contribution in [0, 0.1) is 0 Å². The fourth-order valence-electron chi connectivity index (χ4n) is 3.20. The minimum absolute atomic E-state index is 0.104. The smallest absolute Gasteiger partial charge is 0.251 e. The molecule has 1 amide bonds. The zero-order valence-corrected chi connectivity index (χ0v) is 18.3. The molecule has 0 saturated carbocycles. The van der Waals surface area contributed by atoms with Crippen LogP contribution in [0.2, 0.25) is 0 Å². The first kappa shape index (κ1) is 22.1. The van der Waals surface area contributed by atoms with Gasteiger partial charge in [0.1, 0.15) is 5.82 Å². The highest BCUT2D eigenvalue weighted by Gasteiger charge is 2.12. The Morgan fingerprint density at radius 3 is 2.48 bits per heavy atom. The highest BCUT2D eigenvalue weighted by atomic mass is 16.5. The molecule has 3 rings (SSSR count). The fourth-order valence-corrected chi connectivity index (χ4v) is 3.20. The number of nitrogens with two attached hydrogens (primary N) is 1. The van der Waals surface area contributed by atoms with E-state index in [9.17, 15) is 4.79 Å². The molecule has 0 atom stereocenters. The highest BCUT2D eigenvalue weighted by molar-refractivity contribution is 5.95. The summed E-state index contributed by atoms with van der Waals surface area (Å²) in [6.07, 6.45) is 1.71. The Kier molecular flexibility index (Phi) is 7.10. The first-order valence-corrected chi connectivity index (χ1v) is 9.94. The molecule has 0 fully saturated rings. The van der Waals surface area contributed by atoms with E-state index < -0.39 is 0 Å². The van der Waals surface area contributed by atoms with E-state index in [-0.39, 0.29) is 5.91 Å². The van der Waals surface area contributed by atoms with E-state index in [4.69, 9.17) is 15.2 Å². The zero-order chi connectivity index (χ0) is 22.4. The van der Waals surface area contributed by atoms with E-state index in [1.54, 1.807) is 26.5 Å². The van der Waals surface area contributed by atoms with Crippen LogP contribution >= 0.6 is 0 Å². The van der Waals surface area contributed by atoms with Gasteiger partial charge in [-0.05, 0) is 55.6 Å². The fraction of sp³-hybridized carbons (Fsp3) is 0.250. The number of rotatable bonds is 8. The molecule has 2 aromatic carbocycles. The van der Waals surface area contributed by atoms with E-state index in [1.165, 1.54) is 0 Å². The summed E-state index contributed by atoms with van der Waals surface area (Å²) in [5, 5.41) is 2.94. The summed E-state index contributed by atoms with van der Waals surface area (Å²) in [6, 6.07) is 15.0. The van der Waals surface area contributed by atoms with E-state index in [2.05, 4.69) is 10.3 Å². The molecule has 0 radical (unpaired) electrons. The number of carbonyl (C=O) groups is 1. The average molecular weight is 421 g/mol. The monoisotopic (exact) mass is 420 g/mol. The average Bonchev–Trinajstić information content (AvgIpc) is 2.78. The van der Waals surface area contributed by atoms with Crippen LogP contribution in [0.5, 0.6) is 11.5 Å². The van der Waals surface area contributed by atoms with Crippen molar-refractivity contribution in [3.63, 3.8) is 0 Å². The van der Waals surface area contributed by atoms with Gasteiger partial charge in [-0.3, -0.25) is 4.79 Å². The number of nitrogens with zero attached hydrogens (tertiary/aromatic N) is 2. The summed E-state index contributed by atoms with van der Waals surface area (Å²) in [4.78, 5) is 18.9. The van der Waals surface area contributed by atoms with Crippen LogP contribution in [0.3, 0.4) is 0 Å². The van der Waals surface area contributed by atoms with Gasteiger partial charge in [0.15, 0.2) is 11.5 Å². The van der Waals surface area contributed by atoms with Crippen molar-refractivity contribution in [2.24, 2.45) is 0 Å². The lowest BCUT2D eigenvalue weighted by Crippen LogP contribution is -2.31. The quantitative estimate of drug-likeness (QED) is 0.581.